The number of nitrogens with one attached hydrogen (secondary N) is 2. The van der Waals surface area contributed by atoms with Gasteiger partial charge in [0.05, 0.1) is 17.0 Å². The Hall–Kier alpha value is -3.81. The van der Waals surface area contributed by atoms with Crippen LogP contribution in [0.3, 0.4) is 0 Å². The van der Waals surface area contributed by atoms with Crippen LogP contribution in [-0.2, 0) is 22.4 Å². The van der Waals surface area contributed by atoms with E-state index in [1.54, 1.807) is 25.3 Å². The number of hydrogen-bond donors (Lipinski definition) is 3. The van der Waals surface area contributed by atoms with Gasteiger partial charge in [0.1, 0.15) is 12.0 Å². The molecule has 0 radical (unpaired) electrons. The van der Waals surface area contributed by atoms with Crippen molar-refractivity contribution in [3.63, 3.8) is 0 Å². The number of aromatic nitrogens is 2. The molecule has 1 fully saturated rings. The predicted octanol–water partition coefficient (Wildman–Crippen LogP) is 4.18. The Morgan fingerprint density at radius 2 is 1.97 bits per heavy atom. The SMILES string of the molecule is CC1(C(=O)O)CC(=O)c2c([nH]c(-c3ccnc(NC(=O)[C@@H]4C[C@@H]4F)c3)c2Cc2ccccc2)C1. The zero-order chi connectivity index (χ0) is 24.0. The number of carboxylic acid groups (broad SMARTS) is 1. The Labute approximate surface area is 195 Å². The molecular weight excluding hydrogens is 437 g/mol. The average Bonchev–Trinajstić information content (AvgIpc) is 3.43. The van der Waals surface area contributed by atoms with Crippen LogP contribution in [0.1, 0.15) is 46.9 Å². The third kappa shape index (κ3) is 4.00. The summed E-state index contributed by atoms with van der Waals surface area (Å²) in [6, 6.07) is 13.1. The molecule has 7 nitrogen and oxygen atoms in total. The number of anilines is 1. The summed E-state index contributed by atoms with van der Waals surface area (Å²) >= 11 is 0. The molecule has 174 valence electrons. The Kier molecular flexibility index (Phi) is 5.31. The lowest BCUT2D eigenvalue weighted by Crippen LogP contribution is -2.36. The van der Waals surface area contributed by atoms with E-state index in [0.29, 0.717) is 34.8 Å². The number of carbonyl (C=O) groups excluding carboxylic acids is 2. The molecule has 2 aliphatic rings. The summed E-state index contributed by atoms with van der Waals surface area (Å²) in [5.74, 6) is -1.96. The number of ketones is 1. The van der Waals surface area contributed by atoms with Crippen molar-refractivity contribution in [2.24, 2.45) is 11.3 Å². The zero-order valence-electron chi connectivity index (χ0n) is 18.6. The molecular formula is C26H24FN3O4. The molecule has 0 bridgehead atoms. The van der Waals surface area contributed by atoms with Gasteiger partial charge in [0.25, 0.3) is 0 Å². The van der Waals surface area contributed by atoms with Crippen LogP contribution in [0.2, 0.25) is 0 Å². The minimum atomic E-state index is -1.18. The van der Waals surface area contributed by atoms with Gasteiger partial charge in [0.2, 0.25) is 5.91 Å². The Morgan fingerprint density at radius 1 is 1.24 bits per heavy atom. The fourth-order valence-electron chi connectivity index (χ4n) is 4.64. The van der Waals surface area contributed by atoms with Crippen LogP contribution in [0.5, 0.6) is 0 Å². The van der Waals surface area contributed by atoms with Crippen LogP contribution in [0.4, 0.5) is 10.2 Å². The number of carbonyl (C=O) groups is 3. The molecule has 3 aromatic rings. The summed E-state index contributed by atoms with van der Waals surface area (Å²) < 4.78 is 13.3. The van der Waals surface area contributed by atoms with Crippen molar-refractivity contribution in [2.45, 2.75) is 38.8 Å². The minimum absolute atomic E-state index is 0.0716. The highest BCUT2D eigenvalue weighted by Gasteiger charge is 2.44. The Morgan fingerprint density at radius 3 is 2.65 bits per heavy atom. The number of carboxylic acids is 1. The van der Waals surface area contributed by atoms with E-state index in [4.69, 9.17) is 0 Å². The number of nitrogens with zero attached hydrogens (tertiary/aromatic N) is 1. The molecule has 1 amide bonds. The molecule has 8 heteroatoms. The third-order valence-electron chi connectivity index (χ3n) is 6.67. The Balaban J connectivity index is 1.57. The van der Waals surface area contributed by atoms with E-state index in [-0.39, 0.29) is 25.0 Å². The molecule has 0 spiro atoms. The van der Waals surface area contributed by atoms with Crippen LogP contribution in [0.25, 0.3) is 11.3 Å². The molecule has 2 heterocycles. The standard InChI is InChI=1S/C26H24FN3O4/c1-26(25(33)34)12-19-22(20(31)13-26)17(9-14-5-3-2-4-6-14)23(29-19)15-7-8-28-21(10-15)30-24(32)16-11-18(16)27/h2-8,10,16,18,29H,9,11-13H2,1H3,(H,33,34)(H,28,30,32)/t16-,18+,26?/m1/s1. The second-order valence-corrected chi connectivity index (χ2v) is 9.41. The fourth-order valence-corrected chi connectivity index (χ4v) is 4.64. The topological polar surface area (TPSA) is 112 Å². The van der Waals surface area contributed by atoms with E-state index < -0.39 is 29.4 Å². The highest BCUT2D eigenvalue weighted by molar-refractivity contribution is 6.04. The molecule has 3 N–H and O–H groups in total. The molecule has 0 aliphatic heterocycles. The van der Waals surface area contributed by atoms with Crippen LogP contribution in [0, 0.1) is 11.3 Å². The van der Waals surface area contributed by atoms with Gasteiger partial charge in [-0.25, -0.2) is 9.37 Å². The smallest absolute Gasteiger partial charge is 0.310 e. The maximum Gasteiger partial charge on any atom is 0.310 e. The summed E-state index contributed by atoms with van der Waals surface area (Å²) in [4.78, 5) is 44.8. The number of rotatable bonds is 6. The van der Waals surface area contributed by atoms with Gasteiger partial charge in [-0.05, 0) is 36.6 Å². The van der Waals surface area contributed by atoms with Gasteiger partial charge >= 0.3 is 5.97 Å². The lowest BCUT2D eigenvalue weighted by molar-refractivity contribution is -0.148. The largest absolute Gasteiger partial charge is 0.481 e. The van der Waals surface area contributed by atoms with Crippen molar-refractivity contribution in [2.75, 3.05) is 5.32 Å². The van der Waals surface area contributed by atoms with E-state index in [0.717, 1.165) is 11.1 Å². The number of fused-ring (bicyclic) bond motifs is 1. The number of H-pyrrole nitrogens is 1. The van der Waals surface area contributed by atoms with Gasteiger partial charge in [0.15, 0.2) is 5.78 Å². The molecule has 2 aromatic heterocycles. The van der Waals surface area contributed by atoms with Crippen molar-refractivity contribution < 1.29 is 23.9 Å². The number of Topliss-reactive ketones (excluding diaryl/α,β-unsaturated/α-hetero) is 1. The molecule has 3 atom stereocenters. The number of alkyl halides is 1. The number of aliphatic carboxylic acids is 1. The molecule has 0 saturated heterocycles. The van der Waals surface area contributed by atoms with Gasteiger partial charge in [-0.1, -0.05) is 30.3 Å². The molecule has 1 saturated carbocycles. The second-order valence-electron chi connectivity index (χ2n) is 9.41. The lowest BCUT2D eigenvalue weighted by atomic mass is 9.73. The minimum Gasteiger partial charge on any atom is -0.481 e. The Bertz CT molecular complexity index is 1300. The van der Waals surface area contributed by atoms with E-state index in [1.165, 1.54) is 0 Å². The summed E-state index contributed by atoms with van der Waals surface area (Å²) in [5, 5.41) is 12.4. The quantitative estimate of drug-likeness (QED) is 0.510. The highest BCUT2D eigenvalue weighted by atomic mass is 19.1. The number of benzene rings is 1. The normalized spacial score (nSPS) is 23.3. The summed E-state index contributed by atoms with van der Waals surface area (Å²) in [7, 11) is 0. The van der Waals surface area contributed by atoms with Gasteiger partial charge in [-0.3, -0.25) is 14.4 Å². The van der Waals surface area contributed by atoms with Crippen molar-refractivity contribution >= 4 is 23.5 Å². The monoisotopic (exact) mass is 461 g/mol. The third-order valence-corrected chi connectivity index (χ3v) is 6.67. The van der Waals surface area contributed by atoms with Crippen molar-refractivity contribution in [3.05, 3.63) is 71.0 Å². The van der Waals surface area contributed by atoms with Gasteiger partial charge in [-0.2, -0.15) is 0 Å². The first-order chi connectivity index (χ1) is 16.2. The molecule has 1 aromatic carbocycles. The summed E-state index contributed by atoms with van der Waals surface area (Å²) in [6.07, 6.45) is 1.27. The van der Waals surface area contributed by atoms with Gasteiger partial charge in [-0.15, -0.1) is 0 Å². The van der Waals surface area contributed by atoms with Crippen molar-refractivity contribution in [3.8, 4) is 11.3 Å². The predicted molar refractivity (Wildman–Crippen MR) is 123 cm³/mol. The fraction of sp³-hybridized carbons (Fsp3) is 0.308. The molecule has 2 aliphatic carbocycles. The molecule has 5 rings (SSSR count). The first-order valence-corrected chi connectivity index (χ1v) is 11.2. The number of pyridine rings is 1. The van der Waals surface area contributed by atoms with Crippen LogP contribution in [0.15, 0.2) is 48.7 Å². The van der Waals surface area contributed by atoms with Crippen LogP contribution in [-0.4, -0.2) is 38.9 Å². The number of amides is 1. The second kappa shape index (κ2) is 8.20. The van der Waals surface area contributed by atoms with E-state index in [1.807, 2.05) is 30.3 Å². The van der Waals surface area contributed by atoms with Gasteiger partial charge in [0, 0.05) is 42.3 Å². The number of halogens is 1. The molecule has 34 heavy (non-hydrogen) atoms. The summed E-state index contributed by atoms with van der Waals surface area (Å²) in [6.45, 7) is 1.59. The van der Waals surface area contributed by atoms with E-state index in [9.17, 15) is 23.9 Å². The van der Waals surface area contributed by atoms with Crippen molar-refractivity contribution in [1.82, 2.24) is 9.97 Å². The van der Waals surface area contributed by atoms with E-state index >= 15 is 0 Å². The first-order valence-electron chi connectivity index (χ1n) is 11.2. The van der Waals surface area contributed by atoms with Crippen LogP contribution >= 0.6 is 0 Å². The highest BCUT2D eigenvalue weighted by Crippen LogP contribution is 2.41. The maximum absolute atomic E-state index is 13.3. The van der Waals surface area contributed by atoms with Crippen molar-refractivity contribution in [1.29, 1.82) is 0 Å². The zero-order valence-corrected chi connectivity index (χ0v) is 18.6. The lowest BCUT2D eigenvalue weighted by Gasteiger charge is -2.28. The molecule has 1 unspecified atom stereocenters. The maximum atomic E-state index is 13.3. The number of hydrogen-bond acceptors (Lipinski definition) is 4. The first kappa shape index (κ1) is 22.0. The average molecular weight is 461 g/mol. The summed E-state index contributed by atoms with van der Waals surface area (Å²) in [5.41, 5.74) is 3.14. The van der Waals surface area contributed by atoms with Gasteiger partial charge < -0.3 is 15.4 Å². The van der Waals surface area contributed by atoms with E-state index in [2.05, 4.69) is 15.3 Å². The van der Waals surface area contributed by atoms with Crippen LogP contribution < -0.4 is 5.32 Å². The number of aromatic amines is 1.